The Morgan fingerprint density at radius 3 is 2.84 bits per heavy atom. The summed E-state index contributed by atoms with van der Waals surface area (Å²) < 4.78 is 10.8. The predicted molar refractivity (Wildman–Crippen MR) is 74.6 cm³/mol. The number of carbonyl (C=O) groups is 1. The molecule has 0 bridgehead atoms. The van der Waals surface area contributed by atoms with Crippen LogP contribution in [0.2, 0.25) is 5.02 Å². The van der Waals surface area contributed by atoms with Gasteiger partial charge in [-0.05, 0) is 13.0 Å². The summed E-state index contributed by atoms with van der Waals surface area (Å²) in [4.78, 5) is 15.3. The van der Waals surface area contributed by atoms with Gasteiger partial charge in [-0.1, -0.05) is 11.6 Å². The molecule has 0 unspecified atom stereocenters. The van der Waals surface area contributed by atoms with E-state index in [1.807, 2.05) is 12.3 Å². The fraction of sp³-hybridized carbons (Fsp3) is 0.231. The van der Waals surface area contributed by atoms with Gasteiger partial charge in [0.1, 0.15) is 11.6 Å². The number of hydrogen-bond donors (Lipinski definition) is 0. The summed E-state index contributed by atoms with van der Waals surface area (Å²) >= 11 is 7.40. The van der Waals surface area contributed by atoms with Crippen LogP contribution >= 0.6 is 22.9 Å². The van der Waals surface area contributed by atoms with Crippen LogP contribution in [0.1, 0.15) is 21.1 Å². The van der Waals surface area contributed by atoms with E-state index >= 15 is 0 Å². The van der Waals surface area contributed by atoms with Crippen molar-refractivity contribution in [1.82, 2.24) is 4.98 Å². The maximum Gasteiger partial charge on any atom is 0.172 e. The molecule has 0 amide bonds. The molecular weight excluding hydrogens is 286 g/mol. The second-order valence-corrected chi connectivity index (χ2v) is 5.19. The van der Waals surface area contributed by atoms with E-state index in [4.69, 9.17) is 21.1 Å². The second kappa shape index (κ2) is 6.04. The largest absolute Gasteiger partial charge is 0.493 e. The fourth-order valence-corrected chi connectivity index (χ4v) is 2.48. The van der Waals surface area contributed by atoms with Crippen molar-refractivity contribution in [1.29, 1.82) is 0 Å². The summed E-state index contributed by atoms with van der Waals surface area (Å²) in [5, 5.41) is 3.21. The van der Waals surface area contributed by atoms with Crippen LogP contribution in [0.25, 0.3) is 0 Å². The first-order valence-corrected chi connectivity index (χ1v) is 6.76. The van der Waals surface area contributed by atoms with E-state index in [1.165, 1.54) is 18.4 Å². The highest BCUT2D eigenvalue weighted by Crippen LogP contribution is 2.34. The summed E-state index contributed by atoms with van der Waals surface area (Å²) in [5.41, 5.74) is 1.31. The Morgan fingerprint density at radius 2 is 2.26 bits per heavy atom. The molecule has 4 nitrogen and oxygen atoms in total. The smallest absolute Gasteiger partial charge is 0.172 e. The van der Waals surface area contributed by atoms with Gasteiger partial charge in [0.05, 0.1) is 12.7 Å². The van der Waals surface area contributed by atoms with Gasteiger partial charge in [0.25, 0.3) is 0 Å². The van der Waals surface area contributed by atoms with Crippen molar-refractivity contribution in [3.8, 4) is 11.5 Å². The van der Waals surface area contributed by atoms with Crippen molar-refractivity contribution in [3.05, 3.63) is 38.8 Å². The minimum absolute atomic E-state index is 0.289. The van der Waals surface area contributed by atoms with Crippen LogP contribution in [-0.2, 0) is 6.61 Å². The molecule has 0 aliphatic heterocycles. The number of nitrogens with zero attached hydrogens (tertiary/aromatic N) is 1. The highest BCUT2D eigenvalue weighted by molar-refractivity contribution is 7.09. The molecule has 100 valence electrons. The number of hydrogen-bond acceptors (Lipinski definition) is 5. The number of aryl methyl sites for hydroxylation is 1. The molecule has 19 heavy (non-hydrogen) atoms. The van der Waals surface area contributed by atoms with Crippen molar-refractivity contribution in [2.24, 2.45) is 0 Å². The van der Waals surface area contributed by atoms with Crippen molar-refractivity contribution < 1.29 is 14.3 Å². The SMILES string of the molecule is COc1cc(Cl)cc(C=O)c1OCc1nc(C)cs1. The first-order valence-electron chi connectivity index (χ1n) is 5.50. The van der Waals surface area contributed by atoms with Crippen LogP contribution in [0.15, 0.2) is 17.5 Å². The monoisotopic (exact) mass is 297 g/mol. The highest BCUT2D eigenvalue weighted by atomic mass is 35.5. The van der Waals surface area contributed by atoms with E-state index in [0.717, 1.165) is 10.7 Å². The highest BCUT2D eigenvalue weighted by Gasteiger charge is 2.13. The second-order valence-electron chi connectivity index (χ2n) is 3.82. The number of rotatable bonds is 5. The lowest BCUT2D eigenvalue weighted by atomic mass is 10.2. The van der Waals surface area contributed by atoms with E-state index in [-0.39, 0.29) is 6.61 Å². The molecule has 1 aromatic carbocycles. The molecule has 0 saturated carbocycles. The zero-order valence-corrected chi connectivity index (χ0v) is 12.0. The quantitative estimate of drug-likeness (QED) is 0.793. The number of carbonyl (C=O) groups excluding carboxylic acids is 1. The van der Waals surface area contributed by atoms with E-state index in [9.17, 15) is 4.79 Å². The van der Waals surface area contributed by atoms with Gasteiger partial charge >= 0.3 is 0 Å². The normalized spacial score (nSPS) is 10.3. The van der Waals surface area contributed by atoms with E-state index < -0.39 is 0 Å². The van der Waals surface area contributed by atoms with E-state index in [1.54, 1.807) is 12.1 Å². The van der Waals surface area contributed by atoms with Gasteiger partial charge in [0.2, 0.25) is 0 Å². The number of aldehydes is 1. The van der Waals surface area contributed by atoms with E-state index in [2.05, 4.69) is 4.98 Å². The van der Waals surface area contributed by atoms with Gasteiger partial charge in [-0.2, -0.15) is 0 Å². The average Bonchev–Trinajstić information content (AvgIpc) is 2.81. The van der Waals surface area contributed by atoms with Crippen LogP contribution in [0.4, 0.5) is 0 Å². The predicted octanol–water partition coefficient (Wildman–Crippen LogP) is 3.51. The maximum atomic E-state index is 11.1. The van der Waals surface area contributed by atoms with Crippen LogP contribution in [0, 0.1) is 6.92 Å². The minimum atomic E-state index is 0.289. The summed E-state index contributed by atoms with van der Waals surface area (Å²) in [6.07, 6.45) is 0.691. The summed E-state index contributed by atoms with van der Waals surface area (Å²) in [5.74, 6) is 0.817. The minimum Gasteiger partial charge on any atom is -0.493 e. The third-order valence-electron chi connectivity index (χ3n) is 2.40. The van der Waals surface area contributed by atoms with Crippen molar-refractivity contribution >= 4 is 29.2 Å². The topological polar surface area (TPSA) is 48.4 Å². The van der Waals surface area contributed by atoms with Crippen LogP contribution < -0.4 is 9.47 Å². The van der Waals surface area contributed by atoms with Gasteiger partial charge in [-0.15, -0.1) is 11.3 Å². The summed E-state index contributed by atoms with van der Waals surface area (Å²) in [6, 6.07) is 3.15. The Labute approximate surface area is 120 Å². The first-order chi connectivity index (χ1) is 9.13. The molecular formula is C13H12ClNO3S. The Bertz CT molecular complexity index is 598. The molecule has 0 fully saturated rings. The molecule has 0 radical (unpaired) electrons. The van der Waals surface area contributed by atoms with Crippen LogP contribution in [0.3, 0.4) is 0 Å². The molecule has 2 aromatic rings. The van der Waals surface area contributed by atoms with E-state index in [0.29, 0.717) is 28.4 Å². The van der Waals surface area contributed by atoms with Crippen molar-refractivity contribution in [2.75, 3.05) is 7.11 Å². The Hall–Kier alpha value is -1.59. The Morgan fingerprint density at radius 1 is 1.47 bits per heavy atom. The molecule has 0 spiro atoms. The molecule has 2 rings (SSSR count). The molecule has 0 atom stereocenters. The molecule has 0 saturated heterocycles. The number of thiazole rings is 1. The number of halogens is 1. The molecule has 0 aliphatic carbocycles. The Balaban J connectivity index is 2.25. The maximum absolute atomic E-state index is 11.1. The molecule has 0 N–H and O–H groups in total. The number of benzene rings is 1. The molecule has 1 heterocycles. The Kier molecular flexibility index (Phi) is 4.39. The van der Waals surface area contributed by atoms with Gasteiger partial charge in [0.15, 0.2) is 17.8 Å². The lowest BCUT2D eigenvalue weighted by molar-refractivity contribution is 0.111. The first kappa shape index (κ1) is 13.8. The lowest BCUT2D eigenvalue weighted by Gasteiger charge is -2.12. The van der Waals surface area contributed by atoms with Gasteiger partial charge in [-0.25, -0.2) is 4.98 Å². The number of methoxy groups -OCH3 is 1. The van der Waals surface area contributed by atoms with Gasteiger partial charge < -0.3 is 9.47 Å². The standard InChI is InChI=1S/C13H12ClNO3S/c1-8-7-19-12(15-8)6-18-13-9(5-16)3-10(14)4-11(13)17-2/h3-5,7H,6H2,1-2H3. The fourth-order valence-electron chi connectivity index (χ4n) is 1.59. The molecule has 0 aliphatic rings. The number of ether oxygens (including phenoxy) is 2. The third-order valence-corrected chi connectivity index (χ3v) is 3.56. The zero-order valence-electron chi connectivity index (χ0n) is 10.5. The number of aromatic nitrogens is 1. The van der Waals surface area contributed by atoms with Crippen LogP contribution in [0.5, 0.6) is 11.5 Å². The molecule has 6 heteroatoms. The summed E-state index contributed by atoms with van der Waals surface area (Å²) in [7, 11) is 1.50. The van der Waals surface area contributed by atoms with Crippen LogP contribution in [-0.4, -0.2) is 18.4 Å². The zero-order chi connectivity index (χ0) is 13.8. The third kappa shape index (κ3) is 3.24. The van der Waals surface area contributed by atoms with Gasteiger partial charge in [0, 0.05) is 22.2 Å². The van der Waals surface area contributed by atoms with Gasteiger partial charge in [-0.3, -0.25) is 4.79 Å². The lowest BCUT2D eigenvalue weighted by Crippen LogP contribution is -2.01. The average molecular weight is 298 g/mol. The van der Waals surface area contributed by atoms with Crippen molar-refractivity contribution in [3.63, 3.8) is 0 Å². The summed E-state index contributed by atoms with van der Waals surface area (Å²) in [6.45, 7) is 2.21. The van der Waals surface area contributed by atoms with Crippen molar-refractivity contribution in [2.45, 2.75) is 13.5 Å². The molecule has 1 aromatic heterocycles.